The third kappa shape index (κ3) is 2.92. The second kappa shape index (κ2) is 6.69. The number of fused-ring (bicyclic) bond motifs is 1. The highest BCUT2D eigenvalue weighted by Crippen LogP contribution is 2.33. The Balaban J connectivity index is 2.05. The lowest BCUT2D eigenvalue weighted by atomic mass is 10.1. The lowest BCUT2D eigenvalue weighted by Gasteiger charge is -2.17. The van der Waals surface area contributed by atoms with E-state index in [1.165, 1.54) is 0 Å². The summed E-state index contributed by atoms with van der Waals surface area (Å²) >= 11 is 3.76. The molecule has 0 saturated carbocycles. The van der Waals surface area contributed by atoms with Crippen LogP contribution >= 0.6 is 15.9 Å². The molecule has 0 amide bonds. The van der Waals surface area contributed by atoms with Crippen LogP contribution in [-0.2, 0) is 6.54 Å². The van der Waals surface area contributed by atoms with Gasteiger partial charge in [-0.25, -0.2) is 0 Å². The topological polar surface area (TPSA) is 22.0 Å². The molecule has 0 atom stereocenters. The van der Waals surface area contributed by atoms with Crippen LogP contribution in [0.4, 0.5) is 0 Å². The molecule has 3 aromatic carbocycles. The predicted molar refractivity (Wildman–Crippen MR) is 107 cm³/mol. The fourth-order valence-corrected chi connectivity index (χ4v) is 3.94. The van der Waals surface area contributed by atoms with Crippen molar-refractivity contribution in [2.24, 2.45) is 0 Å². The predicted octanol–water partition coefficient (Wildman–Crippen LogP) is 5.48. The first-order chi connectivity index (χ1) is 12.3. The van der Waals surface area contributed by atoms with E-state index in [1.807, 2.05) is 89.5 Å². The van der Waals surface area contributed by atoms with Gasteiger partial charge in [0.05, 0.1) is 12.2 Å². The molecule has 1 aromatic heterocycles. The fourth-order valence-electron chi connectivity index (χ4n) is 3.15. The van der Waals surface area contributed by atoms with E-state index in [9.17, 15) is 4.79 Å². The molecule has 0 unspecified atom stereocenters. The highest BCUT2D eigenvalue weighted by Gasteiger charge is 2.16. The number of pyridine rings is 1. The van der Waals surface area contributed by atoms with Gasteiger partial charge in [-0.15, -0.1) is 0 Å². The maximum absolute atomic E-state index is 13.2. The Morgan fingerprint density at radius 3 is 1.96 bits per heavy atom. The van der Waals surface area contributed by atoms with Crippen LogP contribution in [0, 0.1) is 0 Å². The van der Waals surface area contributed by atoms with Crippen molar-refractivity contribution in [1.82, 2.24) is 4.57 Å². The molecular formula is C22H16BrNO. The van der Waals surface area contributed by atoms with E-state index in [2.05, 4.69) is 15.9 Å². The van der Waals surface area contributed by atoms with Gasteiger partial charge in [0.1, 0.15) is 0 Å². The minimum absolute atomic E-state index is 0.0292. The molecular weight excluding hydrogens is 374 g/mol. The van der Waals surface area contributed by atoms with E-state index in [0.29, 0.717) is 6.54 Å². The van der Waals surface area contributed by atoms with Crippen molar-refractivity contribution in [2.45, 2.75) is 6.54 Å². The van der Waals surface area contributed by atoms with Crippen LogP contribution in [0.2, 0.25) is 0 Å². The van der Waals surface area contributed by atoms with Crippen LogP contribution in [0.5, 0.6) is 0 Å². The van der Waals surface area contributed by atoms with Crippen LogP contribution in [0.1, 0.15) is 5.56 Å². The van der Waals surface area contributed by atoms with E-state index in [-0.39, 0.29) is 5.56 Å². The molecule has 0 fully saturated rings. The third-order valence-electron chi connectivity index (χ3n) is 4.35. The molecule has 0 N–H and O–H groups in total. The van der Waals surface area contributed by atoms with Gasteiger partial charge in [-0.3, -0.25) is 4.79 Å². The second-order valence-electron chi connectivity index (χ2n) is 5.95. The molecule has 0 aliphatic rings. The molecule has 0 aliphatic heterocycles. The standard InChI is InChI=1S/C22H16BrNO/c23-20-18-13-7-8-14-19(18)22(25)24(15-16-9-3-1-4-10-16)21(20)17-11-5-2-6-12-17/h1-14H,15H2. The first-order valence-electron chi connectivity index (χ1n) is 8.16. The van der Waals surface area contributed by atoms with E-state index in [4.69, 9.17) is 0 Å². The van der Waals surface area contributed by atoms with E-state index in [0.717, 1.165) is 32.1 Å². The van der Waals surface area contributed by atoms with Gasteiger partial charge in [0.15, 0.2) is 0 Å². The normalized spacial score (nSPS) is 10.9. The fraction of sp³-hybridized carbons (Fsp3) is 0.0455. The molecule has 0 bridgehead atoms. The number of benzene rings is 3. The maximum atomic E-state index is 13.2. The summed E-state index contributed by atoms with van der Waals surface area (Å²) in [7, 11) is 0. The van der Waals surface area contributed by atoms with Crippen LogP contribution in [-0.4, -0.2) is 4.57 Å². The molecule has 0 spiro atoms. The van der Waals surface area contributed by atoms with Gasteiger partial charge in [-0.1, -0.05) is 78.9 Å². The van der Waals surface area contributed by atoms with Crippen LogP contribution in [0.3, 0.4) is 0 Å². The van der Waals surface area contributed by atoms with E-state index < -0.39 is 0 Å². The highest BCUT2D eigenvalue weighted by molar-refractivity contribution is 9.10. The SMILES string of the molecule is O=c1c2ccccc2c(Br)c(-c2ccccc2)n1Cc1ccccc1. The smallest absolute Gasteiger partial charge is 0.259 e. The summed E-state index contributed by atoms with van der Waals surface area (Å²) < 4.78 is 2.81. The van der Waals surface area contributed by atoms with Crippen molar-refractivity contribution in [3.8, 4) is 11.3 Å². The summed E-state index contributed by atoms with van der Waals surface area (Å²) in [5.74, 6) is 0. The van der Waals surface area contributed by atoms with Gasteiger partial charge >= 0.3 is 0 Å². The molecule has 2 nitrogen and oxygen atoms in total. The summed E-state index contributed by atoms with van der Waals surface area (Å²) in [6, 6.07) is 27.9. The van der Waals surface area contributed by atoms with E-state index in [1.54, 1.807) is 0 Å². The lowest BCUT2D eigenvalue weighted by Crippen LogP contribution is -2.23. The molecule has 4 aromatic rings. The average molecular weight is 390 g/mol. The van der Waals surface area contributed by atoms with Gasteiger partial charge in [0, 0.05) is 15.2 Å². The monoisotopic (exact) mass is 389 g/mol. The summed E-state index contributed by atoms with van der Waals surface area (Å²) in [6.45, 7) is 0.535. The largest absolute Gasteiger partial charge is 0.302 e. The van der Waals surface area contributed by atoms with Gasteiger partial charge in [0.2, 0.25) is 0 Å². The molecule has 1 heterocycles. The van der Waals surface area contributed by atoms with Crippen molar-refractivity contribution >= 4 is 26.7 Å². The second-order valence-corrected chi connectivity index (χ2v) is 6.74. The van der Waals surface area contributed by atoms with Crippen molar-refractivity contribution < 1.29 is 0 Å². The molecule has 122 valence electrons. The first-order valence-corrected chi connectivity index (χ1v) is 8.95. The number of aromatic nitrogens is 1. The Hall–Kier alpha value is -2.65. The van der Waals surface area contributed by atoms with Crippen molar-refractivity contribution in [2.75, 3.05) is 0 Å². The Bertz CT molecular complexity index is 1090. The highest BCUT2D eigenvalue weighted by atomic mass is 79.9. The van der Waals surface area contributed by atoms with Gasteiger partial charge in [0.25, 0.3) is 5.56 Å². The van der Waals surface area contributed by atoms with Crippen molar-refractivity contribution in [1.29, 1.82) is 0 Å². The van der Waals surface area contributed by atoms with Crippen LogP contribution in [0.15, 0.2) is 94.2 Å². The zero-order valence-corrected chi connectivity index (χ0v) is 15.1. The van der Waals surface area contributed by atoms with Gasteiger partial charge in [-0.2, -0.15) is 0 Å². The molecule has 0 saturated heterocycles. The zero-order valence-electron chi connectivity index (χ0n) is 13.5. The summed E-state index contributed by atoms with van der Waals surface area (Å²) in [4.78, 5) is 13.2. The Kier molecular flexibility index (Phi) is 4.24. The average Bonchev–Trinajstić information content (AvgIpc) is 2.68. The number of rotatable bonds is 3. The molecule has 3 heteroatoms. The summed E-state index contributed by atoms with van der Waals surface area (Å²) in [6.07, 6.45) is 0. The summed E-state index contributed by atoms with van der Waals surface area (Å²) in [5.41, 5.74) is 3.06. The Morgan fingerprint density at radius 1 is 0.720 bits per heavy atom. The van der Waals surface area contributed by atoms with Gasteiger partial charge < -0.3 is 4.57 Å². The zero-order chi connectivity index (χ0) is 17.2. The molecule has 25 heavy (non-hydrogen) atoms. The van der Waals surface area contributed by atoms with Crippen LogP contribution in [0.25, 0.3) is 22.0 Å². The van der Waals surface area contributed by atoms with Gasteiger partial charge in [-0.05, 0) is 33.1 Å². The number of hydrogen-bond donors (Lipinski definition) is 0. The quantitative estimate of drug-likeness (QED) is 0.454. The third-order valence-corrected chi connectivity index (χ3v) is 5.15. The first kappa shape index (κ1) is 15.9. The molecule has 0 radical (unpaired) electrons. The molecule has 0 aliphatic carbocycles. The minimum Gasteiger partial charge on any atom is -0.302 e. The van der Waals surface area contributed by atoms with Crippen molar-refractivity contribution in [3.05, 3.63) is 105 Å². The number of hydrogen-bond acceptors (Lipinski definition) is 1. The number of nitrogens with zero attached hydrogens (tertiary/aromatic N) is 1. The lowest BCUT2D eigenvalue weighted by molar-refractivity contribution is 0.774. The maximum Gasteiger partial charge on any atom is 0.259 e. The number of halogens is 1. The minimum atomic E-state index is 0.0292. The Morgan fingerprint density at radius 2 is 1.28 bits per heavy atom. The van der Waals surface area contributed by atoms with Crippen LogP contribution < -0.4 is 5.56 Å². The summed E-state index contributed by atoms with van der Waals surface area (Å²) in [5, 5.41) is 1.67. The van der Waals surface area contributed by atoms with Crippen molar-refractivity contribution in [3.63, 3.8) is 0 Å². The Labute approximate surface area is 154 Å². The van der Waals surface area contributed by atoms with E-state index >= 15 is 0 Å². The molecule has 4 rings (SSSR count).